The number of nitrogens with two attached hydrogens (primary N) is 1. The first-order chi connectivity index (χ1) is 7.79. The Morgan fingerprint density at radius 2 is 2.06 bits per heavy atom. The van der Waals surface area contributed by atoms with Crippen LogP contribution in [0, 0.1) is 5.41 Å². The molecular formula is C14H30N2O. The fraction of sp³-hybridized carbons (Fsp3) is 1.00. The van der Waals surface area contributed by atoms with Gasteiger partial charge in [0.1, 0.15) is 0 Å². The van der Waals surface area contributed by atoms with E-state index in [4.69, 9.17) is 10.5 Å². The highest BCUT2D eigenvalue weighted by Gasteiger charge is 2.34. The van der Waals surface area contributed by atoms with Crippen LogP contribution in [0.3, 0.4) is 0 Å². The Morgan fingerprint density at radius 1 is 1.41 bits per heavy atom. The van der Waals surface area contributed by atoms with Gasteiger partial charge in [-0.15, -0.1) is 0 Å². The van der Waals surface area contributed by atoms with Crippen LogP contribution in [0.1, 0.15) is 47.0 Å². The van der Waals surface area contributed by atoms with E-state index >= 15 is 0 Å². The molecule has 3 heteroatoms. The highest BCUT2D eigenvalue weighted by atomic mass is 16.5. The number of nitrogens with zero attached hydrogens (tertiary/aromatic N) is 1. The number of methoxy groups -OCH3 is 1. The molecule has 1 heterocycles. The Labute approximate surface area is 107 Å². The van der Waals surface area contributed by atoms with Crippen molar-refractivity contribution in [3.63, 3.8) is 0 Å². The third-order valence-corrected chi connectivity index (χ3v) is 3.82. The van der Waals surface area contributed by atoms with Crippen molar-refractivity contribution in [2.24, 2.45) is 11.1 Å². The first kappa shape index (κ1) is 14.9. The number of piperidine rings is 1. The monoisotopic (exact) mass is 242 g/mol. The molecule has 2 unspecified atom stereocenters. The van der Waals surface area contributed by atoms with Crippen LogP contribution in [-0.4, -0.2) is 43.3 Å². The molecule has 0 aromatic heterocycles. The summed E-state index contributed by atoms with van der Waals surface area (Å²) in [7, 11) is 1.82. The highest BCUT2D eigenvalue weighted by Crippen LogP contribution is 2.29. The Bertz CT molecular complexity index is 237. The molecule has 1 rings (SSSR count). The fourth-order valence-electron chi connectivity index (χ4n) is 2.79. The van der Waals surface area contributed by atoms with Crippen LogP contribution in [0.25, 0.3) is 0 Å². The van der Waals surface area contributed by atoms with Gasteiger partial charge in [-0.2, -0.15) is 0 Å². The maximum atomic E-state index is 5.96. The summed E-state index contributed by atoms with van der Waals surface area (Å²) in [5.74, 6) is 0. The minimum atomic E-state index is 0.0174. The normalized spacial score (nSPS) is 29.3. The molecule has 0 amide bonds. The third kappa shape index (κ3) is 4.57. The molecule has 1 saturated heterocycles. The predicted molar refractivity (Wildman–Crippen MR) is 73.1 cm³/mol. The number of likely N-dealkylation sites (tertiary alicyclic amines) is 1. The van der Waals surface area contributed by atoms with Crippen molar-refractivity contribution in [1.82, 2.24) is 4.90 Å². The summed E-state index contributed by atoms with van der Waals surface area (Å²) >= 11 is 0. The molecular weight excluding hydrogens is 212 g/mol. The average molecular weight is 242 g/mol. The smallest absolute Gasteiger partial charge is 0.0777 e. The lowest BCUT2D eigenvalue weighted by molar-refractivity contribution is -0.0637. The van der Waals surface area contributed by atoms with E-state index in [-0.39, 0.29) is 5.60 Å². The number of hydrogen-bond donors (Lipinski definition) is 1. The topological polar surface area (TPSA) is 38.5 Å². The number of rotatable bonds is 4. The van der Waals surface area contributed by atoms with Gasteiger partial charge in [-0.1, -0.05) is 20.8 Å². The molecule has 1 aliphatic heterocycles. The quantitative estimate of drug-likeness (QED) is 0.822. The van der Waals surface area contributed by atoms with Gasteiger partial charge in [0.2, 0.25) is 0 Å². The van der Waals surface area contributed by atoms with Gasteiger partial charge < -0.3 is 10.5 Å². The van der Waals surface area contributed by atoms with E-state index in [0.29, 0.717) is 11.5 Å². The number of hydrogen-bond acceptors (Lipinski definition) is 3. The molecule has 0 spiro atoms. The minimum absolute atomic E-state index is 0.0174. The van der Waals surface area contributed by atoms with E-state index in [1.807, 2.05) is 7.11 Å². The average Bonchev–Trinajstić information content (AvgIpc) is 2.25. The van der Waals surface area contributed by atoms with Crippen LogP contribution in [0.4, 0.5) is 0 Å². The van der Waals surface area contributed by atoms with E-state index in [1.54, 1.807) is 0 Å². The predicted octanol–water partition coefficient (Wildman–Crippen LogP) is 2.25. The van der Waals surface area contributed by atoms with Gasteiger partial charge in [-0.05, 0) is 38.1 Å². The van der Waals surface area contributed by atoms with Gasteiger partial charge in [0, 0.05) is 26.2 Å². The van der Waals surface area contributed by atoms with Crippen LogP contribution >= 0.6 is 0 Å². The Kier molecular flexibility index (Phi) is 4.99. The second kappa shape index (κ2) is 5.68. The van der Waals surface area contributed by atoms with Crippen molar-refractivity contribution >= 4 is 0 Å². The Balaban J connectivity index is 2.63. The lowest BCUT2D eigenvalue weighted by Crippen LogP contribution is -2.53. The summed E-state index contributed by atoms with van der Waals surface area (Å²) < 4.78 is 5.65. The van der Waals surface area contributed by atoms with E-state index in [9.17, 15) is 0 Å². The zero-order chi connectivity index (χ0) is 13.1. The maximum absolute atomic E-state index is 5.96. The minimum Gasteiger partial charge on any atom is -0.377 e. The first-order valence-corrected chi connectivity index (χ1v) is 6.79. The van der Waals surface area contributed by atoms with Gasteiger partial charge >= 0.3 is 0 Å². The largest absolute Gasteiger partial charge is 0.377 e. The number of ether oxygens (including phenoxy) is 1. The maximum Gasteiger partial charge on any atom is 0.0777 e. The standard InChI is InChI=1S/C14H30N2O/c1-13(2,3)9-12(10-15)16-8-6-7-14(4,11-16)17-5/h12H,6-11,15H2,1-5H3. The molecule has 1 fully saturated rings. The summed E-state index contributed by atoms with van der Waals surface area (Å²) in [5, 5.41) is 0. The van der Waals surface area contributed by atoms with Gasteiger partial charge in [-0.25, -0.2) is 0 Å². The summed E-state index contributed by atoms with van der Waals surface area (Å²) in [4.78, 5) is 2.53. The lowest BCUT2D eigenvalue weighted by Gasteiger charge is -2.44. The van der Waals surface area contributed by atoms with Crippen molar-refractivity contribution in [2.75, 3.05) is 26.7 Å². The van der Waals surface area contributed by atoms with Crippen LogP contribution < -0.4 is 5.73 Å². The molecule has 0 saturated carbocycles. The summed E-state index contributed by atoms with van der Waals surface area (Å²) in [6.07, 6.45) is 3.53. The van der Waals surface area contributed by atoms with Gasteiger partial charge in [0.25, 0.3) is 0 Å². The first-order valence-electron chi connectivity index (χ1n) is 6.79. The zero-order valence-corrected chi connectivity index (χ0v) is 12.3. The Hall–Kier alpha value is -0.120. The summed E-state index contributed by atoms with van der Waals surface area (Å²) in [6.45, 7) is 12.0. The molecule has 1 aliphatic rings. The molecule has 17 heavy (non-hydrogen) atoms. The molecule has 0 aliphatic carbocycles. The van der Waals surface area contributed by atoms with Crippen LogP contribution in [-0.2, 0) is 4.74 Å². The van der Waals surface area contributed by atoms with Crippen LogP contribution in [0.15, 0.2) is 0 Å². The second-order valence-electron chi connectivity index (χ2n) is 6.88. The second-order valence-corrected chi connectivity index (χ2v) is 6.88. The molecule has 0 bridgehead atoms. The SMILES string of the molecule is COC1(C)CCCN(C(CN)CC(C)(C)C)C1. The molecule has 0 radical (unpaired) electrons. The van der Waals surface area contributed by atoms with Gasteiger partial charge in [-0.3, -0.25) is 4.90 Å². The Morgan fingerprint density at radius 3 is 2.53 bits per heavy atom. The van der Waals surface area contributed by atoms with E-state index in [1.165, 1.54) is 6.42 Å². The van der Waals surface area contributed by atoms with Gasteiger partial charge in [0.05, 0.1) is 5.60 Å². The molecule has 3 nitrogen and oxygen atoms in total. The zero-order valence-electron chi connectivity index (χ0n) is 12.3. The van der Waals surface area contributed by atoms with Crippen molar-refractivity contribution in [1.29, 1.82) is 0 Å². The van der Waals surface area contributed by atoms with Crippen molar-refractivity contribution < 1.29 is 4.74 Å². The molecule has 2 atom stereocenters. The van der Waals surface area contributed by atoms with E-state index < -0.39 is 0 Å². The van der Waals surface area contributed by atoms with Crippen molar-refractivity contribution in [2.45, 2.75) is 58.6 Å². The van der Waals surface area contributed by atoms with Crippen LogP contribution in [0.5, 0.6) is 0 Å². The van der Waals surface area contributed by atoms with Gasteiger partial charge in [0.15, 0.2) is 0 Å². The molecule has 0 aromatic rings. The lowest BCUT2D eigenvalue weighted by atomic mass is 9.85. The highest BCUT2D eigenvalue weighted by molar-refractivity contribution is 4.89. The van der Waals surface area contributed by atoms with Crippen LogP contribution in [0.2, 0.25) is 0 Å². The van der Waals surface area contributed by atoms with Crippen molar-refractivity contribution in [3.8, 4) is 0 Å². The molecule has 102 valence electrons. The van der Waals surface area contributed by atoms with Crippen molar-refractivity contribution in [3.05, 3.63) is 0 Å². The molecule has 0 aromatic carbocycles. The summed E-state index contributed by atoms with van der Waals surface area (Å²) in [6, 6.07) is 0.491. The summed E-state index contributed by atoms with van der Waals surface area (Å²) in [5.41, 5.74) is 6.31. The van der Waals surface area contributed by atoms with E-state index in [2.05, 4.69) is 32.6 Å². The third-order valence-electron chi connectivity index (χ3n) is 3.82. The molecule has 2 N–H and O–H groups in total. The fourth-order valence-corrected chi connectivity index (χ4v) is 2.79. The van der Waals surface area contributed by atoms with E-state index in [0.717, 1.165) is 32.5 Å².